The van der Waals surface area contributed by atoms with Crippen molar-refractivity contribution in [2.24, 2.45) is 11.8 Å². The minimum Gasteiger partial charge on any atom is -0.497 e. The molecule has 1 unspecified atom stereocenters. The predicted molar refractivity (Wildman–Crippen MR) is 96.9 cm³/mol. The maximum atomic E-state index is 12.4. The topological polar surface area (TPSA) is 110 Å². The Hall–Kier alpha value is -3.23. The van der Waals surface area contributed by atoms with Crippen molar-refractivity contribution in [3.8, 4) is 5.75 Å². The van der Waals surface area contributed by atoms with Crippen molar-refractivity contribution in [1.82, 2.24) is 15.3 Å². The molecule has 1 aliphatic carbocycles. The normalized spacial score (nSPS) is 22.9. The van der Waals surface area contributed by atoms with Crippen molar-refractivity contribution < 1.29 is 14.5 Å². The number of methoxy groups -OCH3 is 1. The Balaban J connectivity index is 1.41. The molecule has 3 heterocycles. The van der Waals surface area contributed by atoms with E-state index in [0.29, 0.717) is 30.4 Å². The SMILES string of the molecule is COc1ccnc(C(=O)NC2[C@H]3CN(c4nc(C)ccc4[N+](=O)[O-])C[C@@H]23)c1. The van der Waals surface area contributed by atoms with Crippen LogP contribution in [0.15, 0.2) is 30.5 Å². The van der Waals surface area contributed by atoms with E-state index in [4.69, 9.17) is 4.74 Å². The molecular formula is C18H19N5O4. The third-order valence-corrected chi connectivity index (χ3v) is 5.18. The second-order valence-corrected chi connectivity index (χ2v) is 6.87. The number of fused-ring (bicyclic) bond motifs is 1. The summed E-state index contributed by atoms with van der Waals surface area (Å²) in [6.45, 7) is 3.09. The van der Waals surface area contributed by atoms with E-state index in [1.54, 1.807) is 18.2 Å². The molecule has 4 rings (SSSR count). The van der Waals surface area contributed by atoms with Crippen LogP contribution in [-0.4, -0.2) is 47.0 Å². The Kier molecular flexibility index (Phi) is 4.14. The van der Waals surface area contributed by atoms with Crippen molar-refractivity contribution in [1.29, 1.82) is 0 Å². The zero-order valence-electron chi connectivity index (χ0n) is 15.0. The van der Waals surface area contributed by atoms with Gasteiger partial charge in [0, 0.05) is 55.0 Å². The molecule has 1 N–H and O–H groups in total. The Morgan fingerprint density at radius 1 is 1.33 bits per heavy atom. The van der Waals surface area contributed by atoms with E-state index < -0.39 is 4.92 Å². The number of anilines is 1. The highest BCUT2D eigenvalue weighted by atomic mass is 16.6. The molecule has 1 aliphatic heterocycles. The standard InChI is InChI=1S/C18H19N5O4/c1-10-3-4-15(23(25)26)17(20-10)22-8-12-13(9-22)16(12)21-18(24)14-7-11(27-2)5-6-19-14/h3-7,12-13,16H,8-9H2,1-2H3,(H,21,24)/t12-,13+,16?. The van der Waals surface area contributed by atoms with E-state index in [1.807, 2.05) is 11.8 Å². The summed E-state index contributed by atoms with van der Waals surface area (Å²) >= 11 is 0. The van der Waals surface area contributed by atoms with Crippen LogP contribution in [0.1, 0.15) is 16.2 Å². The number of pyridine rings is 2. The fourth-order valence-electron chi connectivity index (χ4n) is 3.71. The molecule has 2 aromatic rings. The third-order valence-electron chi connectivity index (χ3n) is 5.18. The van der Waals surface area contributed by atoms with Crippen molar-refractivity contribution in [3.05, 3.63) is 52.0 Å². The predicted octanol–water partition coefficient (Wildman–Crippen LogP) is 1.57. The summed E-state index contributed by atoms with van der Waals surface area (Å²) in [5.41, 5.74) is 1.07. The van der Waals surface area contributed by atoms with Gasteiger partial charge >= 0.3 is 5.69 Å². The van der Waals surface area contributed by atoms with Crippen molar-refractivity contribution in [2.75, 3.05) is 25.1 Å². The third kappa shape index (κ3) is 3.16. The van der Waals surface area contributed by atoms with Gasteiger partial charge in [0.15, 0.2) is 0 Å². The first kappa shape index (κ1) is 17.2. The van der Waals surface area contributed by atoms with Gasteiger partial charge in [0.1, 0.15) is 11.4 Å². The number of hydrogen-bond donors (Lipinski definition) is 1. The van der Waals surface area contributed by atoms with Gasteiger partial charge in [-0.15, -0.1) is 0 Å². The highest BCUT2D eigenvalue weighted by molar-refractivity contribution is 5.93. The number of piperidine rings is 1. The number of nitrogens with one attached hydrogen (secondary N) is 1. The van der Waals surface area contributed by atoms with Crippen molar-refractivity contribution in [2.45, 2.75) is 13.0 Å². The van der Waals surface area contributed by atoms with Crippen LogP contribution in [0.25, 0.3) is 0 Å². The van der Waals surface area contributed by atoms with Crippen LogP contribution in [0.2, 0.25) is 0 Å². The maximum absolute atomic E-state index is 12.4. The lowest BCUT2D eigenvalue weighted by atomic mass is 10.3. The van der Waals surface area contributed by atoms with Crippen molar-refractivity contribution in [3.63, 3.8) is 0 Å². The quantitative estimate of drug-likeness (QED) is 0.629. The van der Waals surface area contributed by atoms with Gasteiger partial charge in [0.2, 0.25) is 5.82 Å². The molecule has 2 fully saturated rings. The summed E-state index contributed by atoms with van der Waals surface area (Å²) in [4.78, 5) is 33.6. The first-order valence-corrected chi connectivity index (χ1v) is 8.66. The highest BCUT2D eigenvalue weighted by Gasteiger charge is 2.57. The molecule has 3 atom stereocenters. The molecule has 2 aromatic heterocycles. The summed E-state index contributed by atoms with van der Waals surface area (Å²) < 4.78 is 5.11. The summed E-state index contributed by atoms with van der Waals surface area (Å²) in [7, 11) is 1.54. The second kappa shape index (κ2) is 6.49. The Bertz CT molecular complexity index is 906. The van der Waals surface area contributed by atoms with Gasteiger partial charge in [-0.05, 0) is 19.1 Å². The van der Waals surface area contributed by atoms with Gasteiger partial charge in [-0.3, -0.25) is 19.9 Å². The lowest BCUT2D eigenvalue weighted by Crippen LogP contribution is -2.35. The molecule has 27 heavy (non-hydrogen) atoms. The van der Waals surface area contributed by atoms with Gasteiger partial charge in [0.25, 0.3) is 5.91 Å². The average Bonchev–Trinajstić information content (AvgIpc) is 3.10. The molecule has 9 nitrogen and oxygen atoms in total. The summed E-state index contributed by atoms with van der Waals surface area (Å²) in [5, 5.41) is 14.3. The zero-order chi connectivity index (χ0) is 19.1. The lowest BCUT2D eigenvalue weighted by molar-refractivity contribution is -0.384. The molecule has 1 amide bonds. The number of aromatic nitrogens is 2. The Labute approximate surface area is 155 Å². The monoisotopic (exact) mass is 369 g/mol. The molecule has 9 heteroatoms. The number of nitrogens with zero attached hydrogens (tertiary/aromatic N) is 4. The van der Waals surface area contributed by atoms with Crippen LogP contribution in [0.5, 0.6) is 5.75 Å². The summed E-state index contributed by atoms with van der Waals surface area (Å²) in [6.07, 6.45) is 1.53. The van der Waals surface area contributed by atoms with Crippen LogP contribution >= 0.6 is 0 Å². The van der Waals surface area contributed by atoms with Gasteiger partial charge in [-0.25, -0.2) is 4.98 Å². The maximum Gasteiger partial charge on any atom is 0.311 e. The first-order valence-electron chi connectivity index (χ1n) is 8.66. The molecule has 2 aliphatic rings. The number of aryl methyl sites for hydroxylation is 1. The first-order chi connectivity index (χ1) is 13.0. The van der Waals surface area contributed by atoms with Crippen LogP contribution < -0.4 is 15.0 Å². The number of carbonyl (C=O) groups excluding carboxylic acids is 1. The van der Waals surface area contributed by atoms with Crippen LogP contribution in [-0.2, 0) is 0 Å². The van der Waals surface area contributed by atoms with Gasteiger partial charge in [-0.1, -0.05) is 0 Å². The molecule has 0 radical (unpaired) electrons. The summed E-state index contributed by atoms with van der Waals surface area (Å²) in [6, 6.07) is 6.48. The van der Waals surface area contributed by atoms with E-state index in [2.05, 4.69) is 15.3 Å². The zero-order valence-corrected chi connectivity index (χ0v) is 15.0. The number of rotatable bonds is 5. The minimum absolute atomic E-state index is 0.0167. The van der Waals surface area contributed by atoms with E-state index in [1.165, 1.54) is 19.4 Å². The molecule has 0 spiro atoms. The molecule has 140 valence electrons. The molecule has 0 bridgehead atoms. The molecule has 1 saturated heterocycles. The molecule has 0 aromatic carbocycles. The van der Waals surface area contributed by atoms with E-state index in [-0.39, 0.29) is 29.5 Å². The van der Waals surface area contributed by atoms with Gasteiger partial charge in [0.05, 0.1) is 12.0 Å². The Morgan fingerprint density at radius 3 is 2.74 bits per heavy atom. The number of carbonyl (C=O) groups is 1. The van der Waals surface area contributed by atoms with Crippen LogP contribution in [0, 0.1) is 28.9 Å². The average molecular weight is 369 g/mol. The fourth-order valence-corrected chi connectivity index (χ4v) is 3.71. The minimum atomic E-state index is -0.403. The number of nitro groups is 1. The molecule has 1 saturated carbocycles. The number of hydrogen-bond acceptors (Lipinski definition) is 7. The van der Waals surface area contributed by atoms with Crippen LogP contribution in [0.3, 0.4) is 0 Å². The van der Waals surface area contributed by atoms with E-state index in [0.717, 1.165) is 5.69 Å². The lowest BCUT2D eigenvalue weighted by Gasteiger charge is -2.21. The fraction of sp³-hybridized carbons (Fsp3) is 0.389. The van der Waals surface area contributed by atoms with Gasteiger partial charge < -0.3 is 15.0 Å². The van der Waals surface area contributed by atoms with Crippen molar-refractivity contribution >= 4 is 17.4 Å². The van der Waals surface area contributed by atoms with Crippen LogP contribution in [0.4, 0.5) is 11.5 Å². The summed E-state index contributed by atoms with van der Waals surface area (Å²) in [5.74, 6) is 1.28. The van der Waals surface area contributed by atoms with E-state index >= 15 is 0 Å². The number of amides is 1. The van der Waals surface area contributed by atoms with E-state index in [9.17, 15) is 14.9 Å². The Morgan fingerprint density at radius 2 is 2.07 bits per heavy atom. The largest absolute Gasteiger partial charge is 0.497 e. The van der Waals surface area contributed by atoms with Gasteiger partial charge in [-0.2, -0.15) is 0 Å². The highest BCUT2D eigenvalue weighted by Crippen LogP contribution is 2.47. The molecular weight excluding hydrogens is 350 g/mol. The second-order valence-electron chi connectivity index (χ2n) is 6.87. The smallest absolute Gasteiger partial charge is 0.311 e. The number of ether oxygens (including phenoxy) is 1.